The van der Waals surface area contributed by atoms with Gasteiger partial charge in [-0.1, -0.05) is 5.16 Å². The van der Waals surface area contributed by atoms with Crippen molar-refractivity contribution in [2.75, 3.05) is 19.6 Å². The monoisotopic (exact) mass is 348 g/mol. The maximum atomic E-state index is 12.3. The van der Waals surface area contributed by atoms with Gasteiger partial charge in [0.25, 0.3) is 5.91 Å². The number of piperidine rings is 1. The second-order valence-electron chi connectivity index (χ2n) is 7.26. The number of rotatable bonds is 7. The molecule has 0 bridgehead atoms. The number of likely N-dealkylation sites (tertiary alicyclic amines) is 1. The van der Waals surface area contributed by atoms with Crippen LogP contribution < -0.4 is 11.1 Å². The summed E-state index contributed by atoms with van der Waals surface area (Å²) in [5.74, 6) is 1.66. The molecule has 1 saturated heterocycles. The second-order valence-corrected chi connectivity index (χ2v) is 7.26. The molecule has 0 aromatic carbocycles. The molecule has 0 unspecified atom stereocenters. The van der Waals surface area contributed by atoms with Crippen LogP contribution in [0, 0.1) is 5.92 Å². The topological polar surface area (TPSA) is 101 Å². The average Bonchev–Trinajstić information content (AvgIpc) is 3.36. The number of nitrogens with zero attached hydrogens (tertiary/aromatic N) is 2. The Morgan fingerprint density at radius 2 is 2.08 bits per heavy atom. The number of hydrogen-bond acceptors (Lipinski definition) is 5. The van der Waals surface area contributed by atoms with Crippen LogP contribution in [0.25, 0.3) is 0 Å². The summed E-state index contributed by atoms with van der Waals surface area (Å²) in [6.07, 6.45) is 5.32. The third-order valence-corrected chi connectivity index (χ3v) is 5.29. The zero-order chi connectivity index (χ0) is 17.8. The van der Waals surface area contributed by atoms with Gasteiger partial charge in [0.15, 0.2) is 5.69 Å². The Kier molecular flexibility index (Phi) is 5.73. The molecule has 1 saturated carbocycles. The van der Waals surface area contributed by atoms with E-state index in [9.17, 15) is 9.59 Å². The Balaban J connectivity index is 1.44. The number of aromatic nitrogens is 1. The molecular formula is C18H28N4O3. The number of amides is 2. The quantitative estimate of drug-likeness (QED) is 0.780. The van der Waals surface area contributed by atoms with E-state index >= 15 is 0 Å². The Hall–Kier alpha value is -1.89. The van der Waals surface area contributed by atoms with Crippen molar-refractivity contribution >= 4 is 11.8 Å². The van der Waals surface area contributed by atoms with Crippen LogP contribution >= 0.6 is 0 Å². The van der Waals surface area contributed by atoms with Crippen LogP contribution in [-0.4, -0.2) is 47.5 Å². The number of carbonyl (C=O) groups excluding carboxylic acids is 2. The van der Waals surface area contributed by atoms with Crippen LogP contribution in [0.15, 0.2) is 10.6 Å². The van der Waals surface area contributed by atoms with Gasteiger partial charge >= 0.3 is 0 Å². The molecule has 0 spiro atoms. The smallest absolute Gasteiger partial charge is 0.273 e. The lowest BCUT2D eigenvalue weighted by atomic mass is 9.90. The lowest BCUT2D eigenvalue weighted by molar-refractivity contribution is -0.132. The minimum absolute atomic E-state index is 0.0508. The number of carbonyl (C=O) groups is 2. The zero-order valence-electron chi connectivity index (χ0n) is 14.9. The molecule has 2 fully saturated rings. The summed E-state index contributed by atoms with van der Waals surface area (Å²) in [7, 11) is 0. The van der Waals surface area contributed by atoms with E-state index in [1.807, 2.05) is 11.8 Å². The fraction of sp³-hybridized carbons (Fsp3) is 0.722. The summed E-state index contributed by atoms with van der Waals surface area (Å²) in [4.78, 5) is 26.3. The number of hydrogen-bond donors (Lipinski definition) is 2. The van der Waals surface area contributed by atoms with Crippen molar-refractivity contribution in [2.24, 2.45) is 11.7 Å². The molecule has 1 aliphatic heterocycles. The molecule has 25 heavy (non-hydrogen) atoms. The summed E-state index contributed by atoms with van der Waals surface area (Å²) in [6.45, 7) is 4.08. The summed E-state index contributed by atoms with van der Waals surface area (Å²) in [6, 6.07) is 1.81. The van der Waals surface area contributed by atoms with Gasteiger partial charge in [-0.25, -0.2) is 0 Å². The first-order valence-corrected chi connectivity index (χ1v) is 9.33. The zero-order valence-corrected chi connectivity index (χ0v) is 14.9. The van der Waals surface area contributed by atoms with Gasteiger partial charge in [0.05, 0.1) is 0 Å². The van der Waals surface area contributed by atoms with Crippen molar-refractivity contribution in [3.8, 4) is 0 Å². The minimum Gasteiger partial charge on any atom is -0.360 e. The molecule has 3 N–H and O–H groups in total. The van der Waals surface area contributed by atoms with E-state index in [0.717, 1.165) is 51.0 Å². The normalized spacial score (nSPS) is 19.7. The summed E-state index contributed by atoms with van der Waals surface area (Å²) in [5.41, 5.74) is 5.83. The molecule has 7 heteroatoms. The first-order valence-electron chi connectivity index (χ1n) is 9.33. The molecule has 1 aliphatic carbocycles. The van der Waals surface area contributed by atoms with Crippen molar-refractivity contribution in [3.63, 3.8) is 0 Å². The van der Waals surface area contributed by atoms with E-state index < -0.39 is 0 Å². The van der Waals surface area contributed by atoms with Crippen molar-refractivity contribution in [3.05, 3.63) is 17.5 Å². The highest BCUT2D eigenvalue weighted by atomic mass is 16.5. The van der Waals surface area contributed by atoms with Crippen molar-refractivity contribution < 1.29 is 14.1 Å². The van der Waals surface area contributed by atoms with Crippen LogP contribution in [0.5, 0.6) is 0 Å². The van der Waals surface area contributed by atoms with Gasteiger partial charge in [-0.05, 0) is 51.5 Å². The highest BCUT2D eigenvalue weighted by Crippen LogP contribution is 2.40. The third kappa shape index (κ3) is 4.60. The van der Waals surface area contributed by atoms with E-state index in [-0.39, 0.29) is 17.9 Å². The van der Waals surface area contributed by atoms with E-state index in [4.69, 9.17) is 10.3 Å². The average molecular weight is 348 g/mol. The predicted octanol–water partition coefficient (Wildman–Crippen LogP) is 1.65. The van der Waals surface area contributed by atoms with Crippen molar-refractivity contribution in [1.82, 2.24) is 15.4 Å². The second kappa shape index (κ2) is 7.99. The first-order chi connectivity index (χ1) is 12.1. The lowest BCUT2D eigenvalue weighted by Gasteiger charge is -2.35. The van der Waals surface area contributed by atoms with Crippen LogP contribution in [0.1, 0.15) is 67.6 Å². The van der Waals surface area contributed by atoms with Gasteiger partial charge in [0, 0.05) is 37.5 Å². The van der Waals surface area contributed by atoms with Crippen LogP contribution in [0.4, 0.5) is 0 Å². The van der Waals surface area contributed by atoms with E-state index in [1.165, 1.54) is 0 Å². The molecule has 1 aromatic rings. The SMILES string of the molecule is C[C@@H](NC(=O)c1cc(C2CC2)on1)C1CCN(C(=O)CCCN)CC1. The molecule has 2 heterocycles. The third-order valence-electron chi connectivity index (χ3n) is 5.29. The predicted molar refractivity (Wildman–Crippen MR) is 93.0 cm³/mol. The molecule has 2 aliphatic rings. The maximum absolute atomic E-state index is 12.3. The fourth-order valence-corrected chi connectivity index (χ4v) is 3.42. The molecule has 7 nitrogen and oxygen atoms in total. The van der Waals surface area contributed by atoms with Gasteiger partial charge in [-0.15, -0.1) is 0 Å². The van der Waals surface area contributed by atoms with Gasteiger partial charge in [0.1, 0.15) is 5.76 Å². The Labute approximate surface area is 148 Å². The molecule has 1 atom stereocenters. The van der Waals surface area contributed by atoms with Crippen LogP contribution in [0.3, 0.4) is 0 Å². The Bertz CT molecular complexity index is 603. The van der Waals surface area contributed by atoms with E-state index in [2.05, 4.69) is 10.5 Å². The largest absolute Gasteiger partial charge is 0.360 e. The van der Waals surface area contributed by atoms with Gasteiger partial charge < -0.3 is 20.5 Å². The van der Waals surface area contributed by atoms with E-state index in [1.54, 1.807) is 6.07 Å². The first kappa shape index (κ1) is 17.9. The molecule has 138 valence electrons. The highest BCUT2D eigenvalue weighted by Gasteiger charge is 2.30. The van der Waals surface area contributed by atoms with Gasteiger partial charge in [-0.3, -0.25) is 9.59 Å². The molecule has 3 rings (SSSR count). The van der Waals surface area contributed by atoms with Gasteiger partial charge in [-0.2, -0.15) is 0 Å². The molecule has 0 radical (unpaired) electrons. The summed E-state index contributed by atoms with van der Waals surface area (Å²) >= 11 is 0. The fourth-order valence-electron chi connectivity index (χ4n) is 3.42. The summed E-state index contributed by atoms with van der Waals surface area (Å²) in [5, 5.41) is 6.92. The lowest BCUT2D eigenvalue weighted by Crippen LogP contribution is -2.45. The standard InChI is InChI=1S/C18H28N4O3/c1-12(13-6-9-22(10-7-13)17(23)3-2-8-19)20-18(24)15-11-16(25-21-15)14-4-5-14/h11-14H,2-10,19H2,1H3,(H,20,24)/t12-/m1/s1. The molecule has 1 aromatic heterocycles. The van der Waals surface area contributed by atoms with Crippen molar-refractivity contribution in [2.45, 2.75) is 57.4 Å². The Morgan fingerprint density at radius 3 is 2.72 bits per heavy atom. The molecular weight excluding hydrogens is 320 g/mol. The van der Waals surface area contributed by atoms with Crippen molar-refractivity contribution in [1.29, 1.82) is 0 Å². The summed E-state index contributed by atoms with van der Waals surface area (Å²) < 4.78 is 5.25. The van der Waals surface area contributed by atoms with E-state index in [0.29, 0.717) is 30.5 Å². The minimum atomic E-state index is -0.176. The maximum Gasteiger partial charge on any atom is 0.273 e. The van der Waals surface area contributed by atoms with Gasteiger partial charge in [0.2, 0.25) is 5.91 Å². The molecule has 2 amide bonds. The number of nitrogens with one attached hydrogen (secondary N) is 1. The Morgan fingerprint density at radius 1 is 1.36 bits per heavy atom. The van der Waals surface area contributed by atoms with Crippen LogP contribution in [0.2, 0.25) is 0 Å². The van der Waals surface area contributed by atoms with Crippen LogP contribution in [-0.2, 0) is 4.79 Å². The number of nitrogens with two attached hydrogens (primary N) is 1. The highest BCUT2D eigenvalue weighted by molar-refractivity contribution is 5.92.